The maximum Gasteiger partial charge on any atom is 0.309 e. The molecule has 1 aliphatic carbocycles. The van der Waals surface area contributed by atoms with Crippen LogP contribution in [0.4, 0.5) is 0 Å². The predicted molar refractivity (Wildman–Crippen MR) is 99.2 cm³/mol. The molecule has 0 spiro atoms. The molecule has 1 saturated carbocycles. The van der Waals surface area contributed by atoms with E-state index >= 15 is 0 Å². The van der Waals surface area contributed by atoms with Crippen LogP contribution in [0, 0.1) is 5.92 Å². The van der Waals surface area contributed by atoms with Gasteiger partial charge in [0.05, 0.1) is 17.9 Å². The zero-order valence-electron chi connectivity index (χ0n) is 14.6. The molecule has 4 rings (SSSR count). The molecule has 1 atom stereocenters. The Morgan fingerprint density at radius 2 is 2.00 bits per heavy atom. The van der Waals surface area contributed by atoms with Gasteiger partial charge in [0.2, 0.25) is 0 Å². The molecule has 7 heteroatoms. The molecule has 27 heavy (non-hydrogen) atoms. The van der Waals surface area contributed by atoms with E-state index in [2.05, 4.69) is 5.10 Å². The summed E-state index contributed by atoms with van der Waals surface area (Å²) in [5, 5.41) is 6.48. The van der Waals surface area contributed by atoms with Crippen molar-refractivity contribution in [1.82, 2.24) is 5.01 Å². The van der Waals surface area contributed by atoms with Gasteiger partial charge >= 0.3 is 5.97 Å². The highest BCUT2D eigenvalue weighted by atomic mass is 35.5. The summed E-state index contributed by atoms with van der Waals surface area (Å²) in [6.07, 6.45) is 4.79. The van der Waals surface area contributed by atoms with Crippen molar-refractivity contribution in [3.63, 3.8) is 0 Å². The van der Waals surface area contributed by atoms with E-state index in [4.69, 9.17) is 20.8 Å². The van der Waals surface area contributed by atoms with Crippen molar-refractivity contribution in [2.24, 2.45) is 11.0 Å². The van der Waals surface area contributed by atoms with Crippen molar-refractivity contribution < 1.29 is 18.7 Å². The normalized spacial score (nSPS) is 19.5. The molecule has 1 fully saturated rings. The van der Waals surface area contributed by atoms with Crippen molar-refractivity contribution >= 4 is 29.2 Å². The monoisotopic (exact) mass is 386 g/mol. The largest absolute Gasteiger partial charge is 0.467 e. The smallest absolute Gasteiger partial charge is 0.309 e. The van der Waals surface area contributed by atoms with Gasteiger partial charge < -0.3 is 9.15 Å². The number of esters is 1. The zero-order chi connectivity index (χ0) is 18.8. The van der Waals surface area contributed by atoms with Crippen LogP contribution < -0.4 is 0 Å². The summed E-state index contributed by atoms with van der Waals surface area (Å²) in [6, 6.07) is 10.5. The van der Waals surface area contributed by atoms with E-state index in [0.717, 1.165) is 30.5 Å². The van der Waals surface area contributed by atoms with Crippen LogP contribution in [0.3, 0.4) is 0 Å². The number of benzene rings is 1. The molecule has 0 N–H and O–H groups in total. The highest BCUT2D eigenvalue weighted by molar-refractivity contribution is 6.30. The van der Waals surface area contributed by atoms with Gasteiger partial charge in [-0.3, -0.25) is 9.59 Å². The molecule has 1 aromatic heterocycles. The van der Waals surface area contributed by atoms with Crippen molar-refractivity contribution in [3.8, 4) is 0 Å². The Labute approximate surface area is 161 Å². The fraction of sp³-hybridized carbons (Fsp3) is 0.350. The van der Waals surface area contributed by atoms with Crippen LogP contribution in [0.15, 0.2) is 52.2 Å². The van der Waals surface area contributed by atoms with Gasteiger partial charge in [-0.15, -0.1) is 0 Å². The second kappa shape index (κ2) is 7.56. The number of nitrogens with zero attached hydrogens (tertiary/aromatic N) is 2. The van der Waals surface area contributed by atoms with E-state index in [0.29, 0.717) is 17.2 Å². The van der Waals surface area contributed by atoms with Crippen LogP contribution in [-0.4, -0.2) is 29.2 Å². The number of halogens is 1. The highest BCUT2D eigenvalue weighted by Crippen LogP contribution is 2.33. The minimum atomic E-state index is -0.368. The van der Waals surface area contributed by atoms with E-state index in [1.54, 1.807) is 24.5 Å². The lowest BCUT2D eigenvalue weighted by molar-refractivity contribution is -0.158. The Morgan fingerprint density at radius 3 is 2.63 bits per heavy atom. The van der Waals surface area contributed by atoms with E-state index in [1.807, 2.05) is 18.2 Å². The first-order valence-electron chi connectivity index (χ1n) is 8.97. The fourth-order valence-corrected chi connectivity index (χ4v) is 3.35. The molecule has 140 valence electrons. The third-order valence-corrected chi connectivity index (χ3v) is 5.24. The number of rotatable bonds is 5. The van der Waals surface area contributed by atoms with Gasteiger partial charge in [0.15, 0.2) is 6.61 Å². The predicted octanol–water partition coefficient (Wildman–Crippen LogP) is 3.95. The molecule has 1 aromatic carbocycles. The first kappa shape index (κ1) is 17.8. The highest BCUT2D eigenvalue weighted by Gasteiger charge is 2.36. The van der Waals surface area contributed by atoms with E-state index in [1.165, 1.54) is 5.01 Å². The molecule has 2 aliphatic rings. The number of carbonyl (C=O) groups is 2. The van der Waals surface area contributed by atoms with Gasteiger partial charge in [0.1, 0.15) is 11.8 Å². The second-order valence-electron chi connectivity index (χ2n) is 6.76. The summed E-state index contributed by atoms with van der Waals surface area (Å²) in [5.41, 5.74) is 1.64. The van der Waals surface area contributed by atoms with Gasteiger partial charge in [-0.25, -0.2) is 5.01 Å². The van der Waals surface area contributed by atoms with Crippen molar-refractivity contribution in [2.75, 3.05) is 6.61 Å². The van der Waals surface area contributed by atoms with Crippen LogP contribution in [0.25, 0.3) is 0 Å². The molecule has 0 radical (unpaired) electrons. The van der Waals surface area contributed by atoms with Gasteiger partial charge in [0.25, 0.3) is 5.91 Å². The first-order chi connectivity index (χ1) is 13.1. The molecule has 6 nitrogen and oxygen atoms in total. The Balaban J connectivity index is 1.51. The number of ether oxygens (including phenoxy) is 1. The molecule has 0 unspecified atom stereocenters. The average Bonchev–Trinajstić information content (AvgIpc) is 3.28. The third kappa shape index (κ3) is 3.76. The maximum atomic E-state index is 12.7. The minimum absolute atomic E-state index is 0.0645. The lowest BCUT2D eigenvalue weighted by Gasteiger charge is -2.24. The topological polar surface area (TPSA) is 72.1 Å². The van der Waals surface area contributed by atoms with E-state index < -0.39 is 0 Å². The summed E-state index contributed by atoms with van der Waals surface area (Å²) in [4.78, 5) is 24.6. The number of hydrogen-bond acceptors (Lipinski definition) is 5. The molecule has 1 amide bonds. The lowest BCUT2D eigenvalue weighted by atomic mass is 9.86. The van der Waals surface area contributed by atoms with Crippen LogP contribution in [0.5, 0.6) is 0 Å². The van der Waals surface area contributed by atoms with Crippen molar-refractivity contribution in [2.45, 2.75) is 31.7 Å². The van der Waals surface area contributed by atoms with Gasteiger partial charge in [-0.1, -0.05) is 30.2 Å². The van der Waals surface area contributed by atoms with Crippen LogP contribution in [0.2, 0.25) is 5.02 Å². The first-order valence-corrected chi connectivity index (χ1v) is 9.35. The summed E-state index contributed by atoms with van der Waals surface area (Å²) in [5.74, 6) is -0.0925. The van der Waals surface area contributed by atoms with Gasteiger partial charge in [0, 0.05) is 11.4 Å². The average molecular weight is 387 g/mol. The third-order valence-electron chi connectivity index (χ3n) is 4.99. The van der Waals surface area contributed by atoms with E-state index in [9.17, 15) is 9.59 Å². The molecule has 0 bridgehead atoms. The van der Waals surface area contributed by atoms with Crippen molar-refractivity contribution in [3.05, 3.63) is 59.0 Å². The molecular weight excluding hydrogens is 368 g/mol. The zero-order valence-corrected chi connectivity index (χ0v) is 15.4. The van der Waals surface area contributed by atoms with Crippen molar-refractivity contribution in [1.29, 1.82) is 0 Å². The quantitative estimate of drug-likeness (QED) is 0.729. The molecule has 2 aromatic rings. The van der Waals surface area contributed by atoms with Gasteiger partial charge in [-0.2, -0.15) is 5.10 Å². The molecule has 1 aliphatic heterocycles. The second-order valence-corrected chi connectivity index (χ2v) is 7.20. The molecular formula is C20H19ClN2O4. The summed E-state index contributed by atoms with van der Waals surface area (Å²) < 4.78 is 10.7. The van der Waals surface area contributed by atoms with Gasteiger partial charge in [-0.05, 0) is 42.7 Å². The Kier molecular flexibility index (Phi) is 4.99. The Bertz CT molecular complexity index is 857. The van der Waals surface area contributed by atoms with E-state index in [-0.39, 0.29) is 30.4 Å². The minimum Gasteiger partial charge on any atom is -0.467 e. The summed E-state index contributed by atoms with van der Waals surface area (Å²) in [7, 11) is 0. The molecule has 0 saturated heterocycles. The molecule has 2 heterocycles. The summed E-state index contributed by atoms with van der Waals surface area (Å²) in [6.45, 7) is -0.316. The number of amides is 1. The Hall–Kier alpha value is -2.60. The number of furan rings is 1. The van der Waals surface area contributed by atoms with Crippen LogP contribution in [0.1, 0.15) is 43.0 Å². The number of hydrazone groups is 1. The Morgan fingerprint density at radius 1 is 1.22 bits per heavy atom. The number of carbonyl (C=O) groups excluding carboxylic acids is 2. The lowest BCUT2D eigenvalue weighted by Crippen LogP contribution is -2.33. The summed E-state index contributed by atoms with van der Waals surface area (Å²) >= 11 is 5.95. The standard InChI is InChI=1S/C20H19ClN2O4/c21-15-8-6-13(7-9-15)16-11-17(18-5-2-10-26-18)23(22-16)19(24)12-27-20(25)14-3-1-4-14/h2,5-10,14,17H,1,3-4,11-12H2/t17-/m1/s1. The fourth-order valence-electron chi connectivity index (χ4n) is 3.22. The maximum absolute atomic E-state index is 12.7. The van der Waals surface area contributed by atoms with Crippen LogP contribution >= 0.6 is 11.6 Å². The SMILES string of the molecule is O=C(OCC(=O)N1N=C(c2ccc(Cl)cc2)C[C@@H]1c1ccco1)C1CCC1. The number of hydrogen-bond donors (Lipinski definition) is 0. The van der Waals surface area contributed by atoms with Crippen LogP contribution in [-0.2, 0) is 14.3 Å².